The number of likely N-dealkylation sites (N-methyl/N-ethyl adjacent to an activating group) is 1. The number of hydrogen-bond donors (Lipinski definition) is 0. The molecule has 0 amide bonds. The monoisotopic (exact) mass is 454 g/mol. The predicted molar refractivity (Wildman–Crippen MR) is 125 cm³/mol. The first-order valence-corrected chi connectivity index (χ1v) is 12.3. The van der Waals surface area contributed by atoms with E-state index in [9.17, 15) is 0 Å². The Morgan fingerprint density at radius 3 is 2.66 bits per heavy atom. The fraction of sp³-hybridized carbons (Fsp3) is 0.696. The first-order chi connectivity index (χ1) is 14.0. The maximum absolute atomic E-state index is 6.32. The van der Waals surface area contributed by atoms with Crippen LogP contribution in [-0.2, 0) is 11.2 Å². The van der Waals surface area contributed by atoms with Crippen molar-refractivity contribution in [3.8, 4) is 0 Å². The lowest BCUT2D eigenvalue weighted by atomic mass is 9.76. The summed E-state index contributed by atoms with van der Waals surface area (Å²) in [4.78, 5) is 6.22. The van der Waals surface area contributed by atoms with Crippen LogP contribution in [0.15, 0.2) is 18.2 Å². The van der Waals surface area contributed by atoms with E-state index in [-0.39, 0.29) is 5.60 Å². The zero-order valence-corrected chi connectivity index (χ0v) is 19.7. The highest BCUT2D eigenvalue weighted by molar-refractivity contribution is 7.80. The molecule has 1 aliphatic carbocycles. The van der Waals surface area contributed by atoms with Gasteiger partial charge in [-0.1, -0.05) is 41.5 Å². The average molecular weight is 455 g/mol. The van der Waals surface area contributed by atoms with Crippen LogP contribution in [0.25, 0.3) is 0 Å². The minimum absolute atomic E-state index is 0.0769. The third kappa shape index (κ3) is 4.77. The van der Waals surface area contributed by atoms with Gasteiger partial charge in [-0.2, -0.15) is 0 Å². The van der Waals surface area contributed by atoms with Crippen molar-refractivity contribution < 1.29 is 4.74 Å². The lowest BCUT2D eigenvalue weighted by Crippen LogP contribution is -2.59. The summed E-state index contributed by atoms with van der Waals surface area (Å²) >= 11 is 18.3. The molecule has 0 radical (unpaired) electrons. The molecular weight excluding hydrogens is 423 g/mol. The lowest BCUT2D eigenvalue weighted by Gasteiger charge is -2.50. The Morgan fingerprint density at radius 1 is 1.21 bits per heavy atom. The number of thiocarbonyl (C=S) groups is 1. The third-order valence-corrected chi connectivity index (χ3v) is 8.23. The van der Waals surface area contributed by atoms with Gasteiger partial charge < -0.3 is 9.64 Å². The van der Waals surface area contributed by atoms with E-state index in [1.807, 2.05) is 18.2 Å². The molecule has 160 valence electrons. The second kappa shape index (κ2) is 9.40. The number of ether oxygens (including phenoxy) is 1. The van der Waals surface area contributed by atoms with Crippen LogP contribution in [-0.4, -0.2) is 58.7 Å². The molecule has 2 aliphatic heterocycles. The summed E-state index contributed by atoms with van der Waals surface area (Å²) in [5.41, 5.74) is 1.20. The van der Waals surface area contributed by atoms with Crippen LogP contribution >= 0.6 is 35.4 Å². The van der Waals surface area contributed by atoms with E-state index in [1.165, 1.54) is 51.6 Å². The number of halogens is 2. The number of benzene rings is 1. The largest absolute Gasteiger partial charge is 0.375 e. The summed E-state index contributed by atoms with van der Waals surface area (Å²) in [5, 5.41) is 1.19. The van der Waals surface area contributed by atoms with Crippen molar-refractivity contribution >= 4 is 40.4 Å². The van der Waals surface area contributed by atoms with E-state index in [1.54, 1.807) is 0 Å². The van der Waals surface area contributed by atoms with Crippen LogP contribution in [0.1, 0.15) is 57.4 Å². The van der Waals surface area contributed by atoms with Crippen LogP contribution in [0.3, 0.4) is 0 Å². The maximum atomic E-state index is 6.32. The summed E-state index contributed by atoms with van der Waals surface area (Å²) in [6.07, 6.45) is 9.29. The molecule has 1 saturated carbocycles. The molecule has 3 aliphatic rings. The van der Waals surface area contributed by atoms with E-state index in [2.05, 4.69) is 16.7 Å². The van der Waals surface area contributed by atoms with Crippen molar-refractivity contribution in [2.75, 3.05) is 26.2 Å². The molecule has 1 aromatic carbocycles. The van der Waals surface area contributed by atoms with Crippen molar-refractivity contribution in [2.45, 2.75) is 76.0 Å². The molecule has 6 heteroatoms. The summed E-state index contributed by atoms with van der Waals surface area (Å²) in [6, 6.07) is 6.87. The van der Waals surface area contributed by atoms with E-state index in [4.69, 9.17) is 40.2 Å². The first kappa shape index (κ1) is 21.8. The van der Waals surface area contributed by atoms with Crippen molar-refractivity contribution in [1.82, 2.24) is 9.80 Å². The average Bonchev–Trinajstić information content (AvgIpc) is 3.38. The van der Waals surface area contributed by atoms with Crippen LogP contribution < -0.4 is 0 Å². The van der Waals surface area contributed by atoms with E-state index < -0.39 is 0 Å². The van der Waals surface area contributed by atoms with Gasteiger partial charge >= 0.3 is 0 Å². The predicted octanol–water partition coefficient (Wildman–Crippen LogP) is 5.75. The molecule has 3 nitrogen and oxygen atoms in total. The highest BCUT2D eigenvalue weighted by atomic mass is 35.5. The van der Waals surface area contributed by atoms with Crippen molar-refractivity contribution in [2.24, 2.45) is 0 Å². The fourth-order valence-corrected chi connectivity index (χ4v) is 6.43. The topological polar surface area (TPSA) is 15.7 Å². The van der Waals surface area contributed by atoms with Crippen molar-refractivity contribution in [3.63, 3.8) is 0 Å². The number of nitrogens with zero attached hydrogens (tertiary/aromatic N) is 2. The van der Waals surface area contributed by atoms with Crippen LogP contribution in [0, 0.1) is 0 Å². The molecule has 3 unspecified atom stereocenters. The second-order valence-electron chi connectivity index (χ2n) is 8.86. The third-order valence-electron chi connectivity index (χ3n) is 7.12. The van der Waals surface area contributed by atoms with Gasteiger partial charge in [0.1, 0.15) is 0 Å². The van der Waals surface area contributed by atoms with Gasteiger partial charge in [0.05, 0.1) is 20.6 Å². The molecule has 0 N–H and O–H groups in total. The Bertz CT molecular complexity index is 732. The van der Waals surface area contributed by atoms with E-state index in [0.717, 1.165) is 36.5 Å². The Morgan fingerprint density at radius 2 is 2.00 bits per heavy atom. The molecular formula is C23H32Cl2N2OS. The molecule has 4 rings (SSSR count). The molecule has 2 heterocycles. The number of rotatable bonds is 5. The Kier molecular flexibility index (Phi) is 7.07. The Labute approximate surface area is 190 Å². The van der Waals surface area contributed by atoms with Crippen molar-refractivity contribution in [3.05, 3.63) is 33.8 Å². The van der Waals surface area contributed by atoms with E-state index >= 15 is 0 Å². The standard InChI is InChI=1S/C23H32Cl2N2OS/c1-2-27(22(29)15-17-6-7-18(24)19(25)14-17)21-16-23(9-5-13-28-23)10-8-20(21)26-11-3-4-12-26/h6-7,14,20-21H,2-5,8-13,15-16H2,1H3. The quantitative estimate of drug-likeness (QED) is 0.525. The number of hydrogen-bond acceptors (Lipinski definition) is 3. The van der Waals surface area contributed by atoms with E-state index in [0.29, 0.717) is 22.1 Å². The molecule has 2 saturated heterocycles. The second-order valence-corrected chi connectivity index (χ2v) is 10.1. The first-order valence-electron chi connectivity index (χ1n) is 11.1. The van der Waals surface area contributed by atoms with Crippen LogP contribution in [0.2, 0.25) is 10.0 Å². The zero-order valence-electron chi connectivity index (χ0n) is 17.3. The van der Waals surface area contributed by atoms with Gasteiger partial charge in [0.2, 0.25) is 0 Å². The highest BCUT2D eigenvalue weighted by Crippen LogP contribution is 2.43. The van der Waals surface area contributed by atoms with Gasteiger partial charge in [-0.15, -0.1) is 0 Å². The maximum Gasteiger partial charge on any atom is 0.0826 e. The molecule has 1 spiro atoms. The van der Waals surface area contributed by atoms with Crippen LogP contribution in [0.5, 0.6) is 0 Å². The smallest absolute Gasteiger partial charge is 0.0826 e. The summed E-state index contributed by atoms with van der Waals surface area (Å²) in [5.74, 6) is 0. The van der Waals surface area contributed by atoms with Gasteiger partial charge in [-0.25, -0.2) is 0 Å². The van der Waals surface area contributed by atoms with Gasteiger partial charge in [0.25, 0.3) is 0 Å². The highest BCUT2D eigenvalue weighted by Gasteiger charge is 2.47. The Hall–Kier alpha value is -0.390. The fourth-order valence-electron chi connectivity index (χ4n) is 5.67. The molecule has 0 aromatic heterocycles. The minimum Gasteiger partial charge on any atom is -0.375 e. The Balaban J connectivity index is 1.54. The summed E-state index contributed by atoms with van der Waals surface area (Å²) in [7, 11) is 0. The molecule has 29 heavy (non-hydrogen) atoms. The molecule has 0 bridgehead atoms. The molecule has 1 aromatic rings. The minimum atomic E-state index is 0.0769. The normalized spacial score (nSPS) is 30.2. The van der Waals surface area contributed by atoms with Gasteiger partial charge in [0, 0.05) is 31.7 Å². The van der Waals surface area contributed by atoms with Crippen molar-refractivity contribution in [1.29, 1.82) is 0 Å². The summed E-state index contributed by atoms with van der Waals surface area (Å²) < 4.78 is 6.32. The SMILES string of the molecule is CCN(C(=S)Cc1ccc(Cl)c(Cl)c1)C1CC2(CCCO2)CCC1N1CCCC1. The van der Waals surface area contributed by atoms with Gasteiger partial charge in [-0.3, -0.25) is 4.90 Å². The lowest BCUT2D eigenvalue weighted by molar-refractivity contribution is -0.0653. The van der Waals surface area contributed by atoms with Crippen LogP contribution in [0.4, 0.5) is 0 Å². The summed E-state index contributed by atoms with van der Waals surface area (Å²) in [6.45, 7) is 6.55. The van der Waals surface area contributed by atoms with Gasteiger partial charge in [-0.05, 0) is 82.7 Å². The zero-order chi connectivity index (χ0) is 20.4. The molecule has 3 fully saturated rings. The molecule has 3 atom stereocenters. The number of likely N-dealkylation sites (tertiary alicyclic amines) is 1. The van der Waals surface area contributed by atoms with Gasteiger partial charge in [0.15, 0.2) is 0 Å².